The van der Waals surface area contributed by atoms with Crippen LogP contribution in [0.15, 0.2) is 71.5 Å². The molecule has 1 aliphatic rings. The minimum absolute atomic E-state index is 0.0122. The third-order valence-corrected chi connectivity index (χ3v) is 7.41. The zero-order valence-electron chi connectivity index (χ0n) is 23.7. The van der Waals surface area contributed by atoms with Gasteiger partial charge in [0.25, 0.3) is 10.8 Å². The van der Waals surface area contributed by atoms with Crippen molar-refractivity contribution >= 4 is 23.7 Å². The topological polar surface area (TPSA) is 97.1 Å². The summed E-state index contributed by atoms with van der Waals surface area (Å²) < 4.78 is 7.76. The van der Waals surface area contributed by atoms with Crippen LogP contribution in [0.2, 0.25) is 0 Å². The first-order chi connectivity index (χ1) is 19.6. The predicted octanol–water partition coefficient (Wildman–Crippen LogP) is 6.43. The lowest BCUT2D eigenvalue weighted by molar-refractivity contribution is 0.138. The molecule has 5 rings (SSSR count). The van der Waals surface area contributed by atoms with Crippen LogP contribution < -0.4 is 15.6 Å². The number of hydrogen-bond donors (Lipinski definition) is 3. The van der Waals surface area contributed by atoms with Crippen LogP contribution >= 0.6 is 12.6 Å². The fourth-order valence-electron chi connectivity index (χ4n) is 5.51. The number of nitrogens with zero attached hydrogens (tertiary/aromatic N) is 2. The fourth-order valence-corrected chi connectivity index (χ4v) is 5.62. The second kappa shape index (κ2) is 11.4. The molecule has 7 nitrogen and oxygen atoms in total. The molecule has 0 saturated carbocycles. The largest absolute Gasteiger partial charge is 0.487 e. The summed E-state index contributed by atoms with van der Waals surface area (Å²) in [6.07, 6.45) is 2.85. The van der Waals surface area contributed by atoms with Gasteiger partial charge in [-0.2, -0.15) is 0 Å². The van der Waals surface area contributed by atoms with E-state index in [1.807, 2.05) is 67.6 Å². The molecule has 0 bridgehead atoms. The molecular formula is C33H34N4O3S. The molecular weight excluding hydrogens is 532 g/mol. The molecule has 0 saturated heterocycles. The van der Waals surface area contributed by atoms with Crippen molar-refractivity contribution in [2.24, 2.45) is 0 Å². The zero-order chi connectivity index (χ0) is 29.3. The number of carbonyl (C=O) groups excluding carboxylic acids is 1. The van der Waals surface area contributed by atoms with Gasteiger partial charge in [0.15, 0.2) is 0 Å². The molecule has 2 heterocycles. The Kier molecular flexibility index (Phi) is 7.87. The number of aromatic nitrogens is 2. The number of carbonyl (C=O) groups is 1. The first-order valence-corrected chi connectivity index (χ1v) is 14.2. The number of hydrogen-bond acceptors (Lipinski definition) is 5. The smallest absolute Gasteiger partial charge is 0.281 e. The molecule has 3 aromatic carbocycles. The summed E-state index contributed by atoms with van der Waals surface area (Å²) in [6.45, 7) is 8.11. The summed E-state index contributed by atoms with van der Waals surface area (Å²) in [4.78, 5) is 30.3. The molecule has 0 aliphatic carbocycles. The highest BCUT2D eigenvalue weighted by Gasteiger charge is 2.30. The van der Waals surface area contributed by atoms with Crippen molar-refractivity contribution in [3.05, 3.63) is 111 Å². The standard InChI is InChI=1S/C33H34N4O3S/c1-5-8-28-27(31(38)37(20(2)35-28)24-15-16-29-23(18-24)19-33(3,4)40-29)17-21-11-13-22(14-12-21)25-9-6-7-10-26(25)30(34)36-32(39)41/h6-7,9-16,18H,5,8,17,19H2,1-4H3,(H3,34,36,39,41). The second-order valence-corrected chi connectivity index (χ2v) is 11.4. The molecule has 210 valence electrons. The highest BCUT2D eigenvalue weighted by molar-refractivity contribution is 7.96. The highest BCUT2D eigenvalue weighted by Crippen LogP contribution is 2.36. The van der Waals surface area contributed by atoms with Crippen molar-refractivity contribution in [2.45, 2.75) is 59.0 Å². The van der Waals surface area contributed by atoms with Gasteiger partial charge in [-0.3, -0.25) is 19.6 Å². The van der Waals surface area contributed by atoms with Gasteiger partial charge in [0.05, 0.1) is 11.4 Å². The van der Waals surface area contributed by atoms with Crippen LogP contribution in [0.5, 0.6) is 5.75 Å². The molecule has 41 heavy (non-hydrogen) atoms. The van der Waals surface area contributed by atoms with Gasteiger partial charge >= 0.3 is 0 Å². The van der Waals surface area contributed by atoms with Gasteiger partial charge in [0.2, 0.25) is 0 Å². The summed E-state index contributed by atoms with van der Waals surface area (Å²) in [6, 6.07) is 21.3. The molecule has 0 atom stereocenters. The molecule has 0 spiro atoms. The second-order valence-electron chi connectivity index (χ2n) is 11.0. The summed E-state index contributed by atoms with van der Waals surface area (Å²) >= 11 is 3.73. The molecule has 0 fully saturated rings. The Hall–Kier alpha value is -4.17. The summed E-state index contributed by atoms with van der Waals surface area (Å²) in [5.41, 5.74) is 6.42. The Bertz CT molecular complexity index is 1710. The average Bonchev–Trinajstić information content (AvgIpc) is 3.24. The Labute approximate surface area is 245 Å². The number of amidine groups is 1. The number of rotatable bonds is 7. The molecule has 8 heteroatoms. The van der Waals surface area contributed by atoms with Gasteiger partial charge in [0, 0.05) is 29.5 Å². The van der Waals surface area contributed by atoms with Crippen molar-refractivity contribution < 1.29 is 9.53 Å². The molecule has 0 unspecified atom stereocenters. The van der Waals surface area contributed by atoms with Crippen molar-refractivity contribution in [2.75, 3.05) is 0 Å². The van der Waals surface area contributed by atoms with Crippen LogP contribution in [0.4, 0.5) is 4.79 Å². The van der Waals surface area contributed by atoms with Gasteiger partial charge in [-0.15, -0.1) is 0 Å². The molecule has 4 aromatic rings. The van der Waals surface area contributed by atoms with Crippen molar-refractivity contribution in [1.82, 2.24) is 14.9 Å². The maximum Gasteiger partial charge on any atom is 0.281 e. The van der Waals surface area contributed by atoms with Crippen LogP contribution in [0.3, 0.4) is 0 Å². The third-order valence-electron chi connectivity index (χ3n) is 7.30. The lowest BCUT2D eigenvalue weighted by Crippen LogP contribution is -2.28. The normalized spacial score (nSPS) is 13.4. The number of fused-ring (bicyclic) bond motifs is 1. The number of ether oxygens (including phenoxy) is 1. The maximum atomic E-state index is 14.0. The van der Waals surface area contributed by atoms with E-state index >= 15 is 0 Å². The van der Waals surface area contributed by atoms with E-state index in [0.717, 1.165) is 58.6 Å². The quantitative estimate of drug-likeness (QED) is 0.136. The van der Waals surface area contributed by atoms with E-state index < -0.39 is 5.24 Å². The average molecular weight is 567 g/mol. The first-order valence-electron chi connectivity index (χ1n) is 13.8. The SMILES string of the molecule is CCCc1nc(C)n(-c2ccc3c(c2)CC(C)(C)O3)c(=O)c1Cc1ccc(-c2ccccc2C(=N)NC(=O)S)cc1. The molecule has 2 N–H and O–H groups in total. The minimum Gasteiger partial charge on any atom is -0.487 e. The summed E-state index contributed by atoms with van der Waals surface area (Å²) in [5, 5.41) is 10.1. The fraction of sp³-hybridized carbons (Fsp3) is 0.273. The lowest BCUT2D eigenvalue weighted by Gasteiger charge is -2.17. The van der Waals surface area contributed by atoms with E-state index in [4.69, 9.17) is 15.1 Å². The molecule has 0 radical (unpaired) electrons. The number of aryl methyl sites for hydroxylation is 2. The van der Waals surface area contributed by atoms with E-state index in [2.05, 4.69) is 38.7 Å². The van der Waals surface area contributed by atoms with E-state index in [-0.39, 0.29) is 17.0 Å². The van der Waals surface area contributed by atoms with Crippen LogP contribution in [0, 0.1) is 12.3 Å². The van der Waals surface area contributed by atoms with Crippen LogP contribution in [0.25, 0.3) is 16.8 Å². The Morgan fingerprint density at radius 3 is 2.56 bits per heavy atom. The Morgan fingerprint density at radius 2 is 1.85 bits per heavy atom. The van der Waals surface area contributed by atoms with Crippen LogP contribution in [-0.4, -0.2) is 26.2 Å². The monoisotopic (exact) mass is 566 g/mol. The maximum absolute atomic E-state index is 14.0. The van der Waals surface area contributed by atoms with Crippen LogP contribution in [0.1, 0.15) is 61.0 Å². The number of benzene rings is 3. The summed E-state index contributed by atoms with van der Waals surface area (Å²) in [5.74, 6) is 1.52. The van der Waals surface area contributed by atoms with Crippen molar-refractivity contribution in [3.63, 3.8) is 0 Å². The van der Waals surface area contributed by atoms with Crippen molar-refractivity contribution in [1.29, 1.82) is 5.41 Å². The van der Waals surface area contributed by atoms with Gasteiger partial charge in [-0.1, -0.05) is 74.5 Å². The van der Waals surface area contributed by atoms with Gasteiger partial charge in [-0.05, 0) is 62.1 Å². The predicted molar refractivity (Wildman–Crippen MR) is 166 cm³/mol. The van der Waals surface area contributed by atoms with E-state index in [1.165, 1.54) is 0 Å². The molecule has 1 aliphatic heterocycles. The molecule has 1 aromatic heterocycles. The number of nitrogens with one attached hydrogen (secondary N) is 2. The Balaban J connectivity index is 1.49. The minimum atomic E-state index is -0.586. The lowest BCUT2D eigenvalue weighted by atomic mass is 9.96. The highest BCUT2D eigenvalue weighted by atomic mass is 32.1. The molecule has 1 amide bonds. The van der Waals surface area contributed by atoms with Gasteiger partial charge in [-0.25, -0.2) is 4.98 Å². The number of thiol groups is 1. The first kappa shape index (κ1) is 28.4. The van der Waals surface area contributed by atoms with Gasteiger partial charge < -0.3 is 10.1 Å². The Morgan fingerprint density at radius 1 is 1.12 bits per heavy atom. The summed E-state index contributed by atoms with van der Waals surface area (Å²) in [7, 11) is 0. The third kappa shape index (κ3) is 5.98. The van der Waals surface area contributed by atoms with E-state index in [9.17, 15) is 9.59 Å². The van der Waals surface area contributed by atoms with E-state index in [0.29, 0.717) is 23.4 Å². The van der Waals surface area contributed by atoms with E-state index in [1.54, 1.807) is 10.6 Å². The van der Waals surface area contributed by atoms with Crippen LogP contribution in [-0.2, 0) is 19.3 Å². The number of amides is 1. The van der Waals surface area contributed by atoms with Gasteiger partial charge in [0.1, 0.15) is 23.0 Å². The zero-order valence-corrected chi connectivity index (χ0v) is 24.6. The van der Waals surface area contributed by atoms with Crippen molar-refractivity contribution in [3.8, 4) is 22.6 Å².